The maximum Gasteiger partial charge on any atom is 0.227 e. The van der Waals surface area contributed by atoms with E-state index >= 15 is 0 Å². The van der Waals surface area contributed by atoms with Crippen LogP contribution in [0.15, 0.2) is 54.6 Å². The van der Waals surface area contributed by atoms with Gasteiger partial charge in [-0.3, -0.25) is 4.90 Å². The molecule has 1 N–H and O–H groups in total. The van der Waals surface area contributed by atoms with Gasteiger partial charge in [-0.25, -0.2) is 9.07 Å². The second-order valence-corrected chi connectivity index (χ2v) is 7.72. The van der Waals surface area contributed by atoms with Crippen molar-refractivity contribution in [1.29, 1.82) is 0 Å². The number of hydrogen-bond donors (Lipinski definition) is 1. The van der Waals surface area contributed by atoms with E-state index in [-0.39, 0.29) is 12.4 Å². The third-order valence-corrected chi connectivity index (χ3v) is 5.13. The number of aliphatic hydroxyl groups excluding tert-OH is 1. The highest BCUT2D eigenvalue weighted by atomic mass is 19.1. The molecule has 0 aliphatic carbocycles. The molecule has 8 heteroatoms. The van der Waals surface area contributed by atoms with Crippen LogP contribution < -0.4 is 4.74 Å². The average molecular weight is 458 g/mol. The molecule has 7 nitrogen and oxygen atoms in total. The number of aromatic nitrogens is 2. The van der Waals surface area contributed by atoms with Crippen LogP contribution in [0.5, 0.6) is 11.6 Å². The first kappa shape index (κ1) is 24.9. The fourth-order valence-corrected chi connectivity index (χ4v) is 3.50. The molecule has 1 aromatic heterocycles. The summed E-state index contributed by atoms with van der Waals surface area (Å²) in [7, 11) is 1.64. The number of rotatable bonds is 13. The molecule has 0 unspecified atom stereocenters. The van der Waals surface area contributed by atoms with E-state index in [9.17, 15) is 9.50 Å². The number of halogens is 1. The lowest BCUT2D eigenvalue weighted by atomic mass is 10.2. The van der Waals surface area contributed by atoms with Crippen LogP contribution in [-0.2, 0) is 16.0 Å². The van der Waals surface area contributed by atoms with Gasteiger partial charge in [-0.1, -0.05) is 24.3 Å². The first-order valence-electron chi connectivity index (χ1n) is 11.1. The van der Waals surface area contributed by atoms with Crippen LogP contribution in [0, 0.1) is 12.7 Å². The summed E-state index contributed by atoms with van der Waals surface area (Å²) in [6.07, 6.45) is -0.640. The van der Waals surface area contributed by atoms with Gasteiger partial charge in [0.1, 0.15) is 11.6 Å². The molecule has 0 aliphatic rings. The van der Waals surface area contributed by atoms with E-state index in [0.29, 0.717) is 44.5 Å². The van der Waals surface area contributed by atoms with E-state index < -0.39 is 6.10 Å². The van der Waals surface area contributed by atoms with E-state index in [1.54, 1.807) is 23.9 Å². The molecule has 0 bridgehead atoms. The van der Waals surface area contributed by atoms with Crippen molar-refractivity contribution in [1.82, 2.24) is 14.7 Å². The monoisotopic (exact) mass is 457 g/mol. The second-order valence-electron chi connectivity index (χ2n) is 7.72. The Kier molecular flexibility index (Phi) is 9.38. The van der Waals surface area contributed by atoms with E-state index in [0.717, 1.165) is 16.9 Å². The maximum atomic E-state index is 13.8. The van der Waals surface area contributed by atoms with E-state index in [1.807, 2.05) is 44.2 Å². The Morgan fingerprint density at radius 2 is 1.94 bits per heavy atom. The molecule has 3 aromatic rings. The van der Waals surface area contributed by atoms with Crippen LogP contribution >= 0.6 is 0 Å². The normalized spacial score (nSPS) is 12.3. The molecular formula is C25H32FN3O4. The molecule has 3 rings (SSSR count). The highest BCUT2D eigenvalue weighted by molar-refractivity contribution is 5.43. The summed E-state index contributed by atoms with van der Waals surface area (Å²) < 4.78 is 32.4. The molecule has 178 valence electrons. The topological polar surface area (TPSA) is 69.0 Å². The van der Waals surface area contributed by atoms with Gasteiger partial charge in [-0.2, -0.15) is 5.10 Å². The summed E-state index contributed by atoms with van der Waals surface area (Å²) >= 11 is 0. The first-order valence-corrected chi connectivity index (χ1v) is 11.1. The molecule has 0 saturated carbocycles. The van der Waals surface area contributed by atoms with Crippen LogP contribution in [0.3, 0.4) is 0 Å². The molecular weight excluding hydrogens is 425 g/mol. The lowest BCUT2D eigenvalue weighted by molar-refractivity contribution is 0.0147. The molecule has 0 aliphatic heterocycles. The minimum absolute atomic E-state index is 0.259. The Morgan fingerprint density at radius 1 is 1.15 bits per heavy atom. The Hall–Kier alpha value is -2.78. The molecule has 2 aromatic carbocycles. The quantitative estimate of drug-likeness (QED) is 0.419. The molecule has 0 saturated heterocycles. The van der Waals surface area contributed by atoms with Gasteiger partial charge >= 0.3 is 0 Å². The van der Waals surface area contributed by atoms with Gasteiger partial charge in [0.05, 0.1) is 36.3 Å². The lowest BCUT2D eigenvalue weighted by Crippen LogP contribution is -2.36. The average Bonchev–Trinajstić information content (AvgIpc) is 3.11. The highest BCUT2D eigenvalue weighted by Crippen LogP contribution is 2.32. The van der Waals surface area contributed by atoms with Gasteiger partial charge in [0.15, 0.2) is 0 Å². The number of para-hydroxylation sites is 1. The van der Waals surface area contributed by atoms with E-state index in [2.05, 4.69) is 4.90 Å². The van der Waals surface area contributed by atoms with Crippen molar-refractivity contribution in [2.75, 3.05) is 40.0 Å². The number of hydrogen-bond acceptors (Lipinski definition) is 6. The fraction of sp³-hybridized carbons (Fsp3) is 0.400. The van der Waals surface area contributed by atoms with Crippen molar-refractivity contribution >= 4 is 0 Å². The predicted octanol–water partition coefficient (Wildman–Crippen LogP) is 3.96. The third-order valence-electron chi connectivity index (χ3n) is 5.13. The Balaban J connectivity index is 1.95. The van der Waals surface area contributed by atoms with Gasteiger partial charge in [-0.05, 0) is 38.1 Å². The van der Waals surface area contributed by atoms with E-state index in [1.165, 1.54) is 12.1 Å². The number of aryl methyl sites for hydroxylation is 1. The summed E-state index contributed by atoms with van der Waals surface area (Å²) in [4.78, 5) is 2.07. The van der Waals surface area contributed by atoms with Crippen LogP contribution in [0.1, 0.15) is 18.2 Å². The molecule has 33 heavy (non-hydrogen) atoms. The van der Waals surface area contributed by atoms with E-state index in [4.69, 9.17) is 19.3 Å². The van der Waals surface area contributed by atoms with Gasteiger partial charge in [0.25, 0.3) is 0 Å². The SMILES string of the molecule is CCOC[C@H](O)CN(CCOC)Cc1c(C)nn(-c2ccccc2)c1Oc1cccc(F)c1. The summed E-state index contributed by atoms with van der Waals surface area (Å²) in [6, 6.07) is 15.7. The largest absolute Gasteiger partial charge is 0.438 e. The van der Waals surface area contributed by atoms with Crippen molar-refractivity contribution in [3.05, 3.63) is 71.7 Å². The second kappa shape index (κ2) is 12.5. The lowest BCUT2D eigenvalue weighted by Gasteiger charge is -2.25. The van der Waals surface area contributed by atoms with Crippen molar-refractivity contribution in [2.24, 2.45) is 0 Å². The zero-order valence-corrected chi connectivity index (χ0v) is 19.4. The van der Waals surface area contributed by atoms with Crippen LogP contribution in [0.25, 0.3) is 5.69 Å². The van der Waals surface area contributed by atoms with Crippen LogP contribution in [0.2, 0.25) is 0 Å². The summed E-state index contributed by atoms with van der Waals surface area (Å²) in [6.45, 7) is 6.60. The van der Waals surface area contributed by atoms with Crippen LogP contribution in [-0.4, -0.2) is 65.9 Å². The van der Waals surface area contributed by atoms with Crippen molar-refractivity contribution < 1.29 is 23.7 Å². The number of benzene rings is 2. The molecule has 0 amide bonds. The zero-order chi connectivity index (χ0) is 23.6. The molecule has 1 atom stereocenters. The molecule has 1 heterocycles. The van der Waals surface area contributed by atoms with Gasteiger partial charge < -0.3 is 19.3 Å². The third kappa shape index (κ3) is 7.10. The van der Waals surface area contributed by atoms with Gasteiger partial charge in [0.2, 0.25) is 5.88 Å². The zero-order valence-electron chi connectivity index (χ0n) is 19.4. The number of methoxy groups -OCH3 is 1. The van der Waals surface area contributed by atoms with Crippen molar-refractivity contribution in [2.45, 2.75) is 26.5 Å². The van der Waals surface area contributed by atoms with Gasteiger partial charge in [0, 0.05) is 39.4 Å². The summed E-state index contributed by atoms with van der Waals surface area (Å²) in [5.41, 5.74) is 2.47. The first-order chi connectivity index (χ1) is 16.0. The smallest absolute Gasteiger partial charge is 0.227 e. The summed E-state index contributed by atoms with van der Waals surface area (Å²) in [5, 5.41) is 15.1. The molecule has 0 spiro atoms. The summed E-state index contributed by atoms with van der Waals surface area (Å²) in [5.74, 6) is 0.511. The maximum absolute atomic E-state index is 13.8. The number of ether oxygens (including phenoxy) is 3. The van der Waals surface area contributed by atoms with Crippen molar-refractivity contribution in [3.8, 4) is 17.3 Å². The number of nitrogens with zero attached hydrogens (tertiary/aromatic N) is 3. The number of aliphatic hydroxyl groups is 1. The molecule has 0 fully saturated rings. The minimum atomic E-state index is -0.640. The Bertz CT molecular complexity index is 997. The molecule has 0 radical (unpaired) electrons. The van der Waals surface area contributed by atoms with Crippen LogP contribution in [0.4, 0.5) is 4.39 Å². The Morgan fingerprint density at radius 3 is 2.64 bits per heavy atom. The predicted molar refractivity (Wildman–Crippen MR) is 124 cm³/mol. The van der Waals surface area contributed by atoms with Crippen molar-refractivity contribution in [3.63, 3.8) is 0 Å². The fourth-order valence-electron chi connectivity index (χ4n) is 3.50. The highest BCUT2D eigenvalue weighted by Gasteiger charge is 2.22. The van der Waals surface area contributed by atoms with Gasteiger partial charge in [-0.15, -0.1) is 0 Å². The Labute approximate surface area is 194 Å². The standard InChI is InChI=1S/C25H32FN3O4/c1-4-32-18-22(30)16-28(13-14-31-3)17-24-19(2)27-29(21-10-6-5-7-11-21)25(24)33-23-12-8-9-20(26)15-23/h5-12,15,22,30H,4,13-14,16-18H2,1-3H3/t22-/m1/s1. The minimum Gasteiger partial charge on any atom is -0.438 e.